The summed E-state index contributed by atoms with van der Waals surface area (Å²) in [6, 6.07) is 5.59. The van der Waals surface area contributed by atoms with Crippen molar-refractivity contribution >= 4 is 33.4 Å². The molecule has 0 amide bonds. The molecule has 1 aliphatic heterocycles. The summed E-state index contributed by atoms with van der Waals surface area (Å²) in [6.07, 6.45) is 5.18. The van der Waals surface area contributed by atoms with Crippen molar-refractivity contribution in [3.05, 3.63) is 58.5 Å². The van der Waals surface area contributed by atoms with Crippen LogP contribution in [-0.2, 0) is 11.8 Å². The van der Waals surface area contributed by atoms with E-state index in [0.29, 0.717) is 47.1 Å². The van der Waals surface area contributed by atoms with Crippen LogP contribution >= 0.6 is 0 Å². The van der Waals surface area contributed by atoms with Crippen LogP contribution in [0.15, 0.2) is 41.6 Å². The summed E-state index contributed by atoms with van der Waals surface area (Å²) < 4.78 is 7.19. The van der Waals surface area contributed by atoms with Crippen LogP contribution in [0, 0.1) is 6.92 Å². The van der Waals surface area contributed by atoms with Crippen LogP contribution in [0.1, 0.15) is 24.4 Å². The molecule has 0 spiro atoms. The summed E-state index contributed by atoms with van der Waals surface area (Å²) in [5.74, 6) is 1.09. The Hall–Kier alpha value is -4.25. The summed E-state index contributed by atoms with van der Waals surface area (Å²) in [5.41, 5.74) is 5.92. The molecule has 0 aliphatic carbocycles. The van der Waals surface area contributed by atoms with E-state index < -0.39 is 0 Å². The molecule has 4 aromatic heterocycles. The standard InChI is InChI=1S/C25H27N9O2/c1-14-18(34-9-11-36-12-10-34)6-5-16-20(14)31-24(29-16)19-22(28-15(2)23-26-7-4-8-27-23)21-17(30-25(19)35)13-33(3)32-21/h4-8,13,15,28H,9-12H2,1-3H3,(H,29,31)(H,30,35). The number of morpholine rings is 1. The molecule has 5 aromatic rings. The van der Waals surface area contributed by atoms with E-state index in [0.717, 1.165) is 35.4 Å². The lowest BCUT2D eigenvalue weighted by Gasteiger charge is -2.30. The fourth-order valence-electron chi connectivity index (χ4n) is 4.83. The van der Waals surface area contributed by atoms with Crippen LogP contribution in [0.5, 0.6) is 0 Å². The average Bonchev–Trinajstić information content (AvgIpc) is 3.48. The predicted molar refractivity (Wildman–Crippen MR) is 138 cm³/mol. The van der Waals surface area contributed by atoms with Crippen molar-refractivity contribution in [1.29, 1.82) is 0 Å². The molecule has 0 bridgehead atoms. The molecule has 11 heteroatoms. The molecule has 3 N–H and O–H groups in total. The maximum atomic E-state index is 13.4. The molecular weight excluding hydrogens is 458 g/mol. The average molecular weight is 486 g/mol. The van der Waals surface area contributed by atoms with Crippen molar-refractivity contribution < 1.29 is 4.74 Å². The van der Waals surface area contributed by atoms with E-state index in [1.165, 1.54) is 0 Å². The molecule has 1 saturated heterocycles. The number of rotatable bonds is 5. The molecule has 1 unspecified atom stereocenters. The third-order valence-electron chi connectivity index (χ3n) is 6.60. The van der Waals surface area contributed by atoms with Gasteiger partial charge in [0.1, 0.15) is 22.7 Å². The number of ether oxygens (including phenoxy) is 1. The van der Waals surface area contributed by atoms with Gasteiger partial charge in [-0.3, -0.25) is 9.48 Å². The van der Waals surface area contributed by atoms with Gasteiger partial charge >= 0.3 is 0 Å². The number of aryl methyl sites for hydroxylation is 2. The number of anilines is 2. The van der Waals surface area contributed by atoms with Gasteiger partial charge in [-0.25, -0.2) is 15.0 Å². The Bertz CT molecular complexity index is 1610. The second kappa shape index (κ2) is 8.76. The molecule has 6 rings (SSSR count). The number of hydrogen-bond donors (Lipinski definition) is 3. The van der Waals surface area contributed by atoms with Crippen LogP contribution < -0.4 is 15.8 Å². The monoisotopic (exact) mass is 485 g/mol. The molecule has 1 fully saturated rings. The van der Waals surface area contributed by atoms with Crippen molar-refractivity contribution in [1.82, 2.24) is 34.7 Å². The third-order valence-corrected chi connectivity index (χ3v) is 6.60. The van der Waals surface area contributed by atoms with Gasteiger partial charge in [0.2, 0.25) is 0 Å². The number of pyridine rings is 1. The topological polar surface area (TPSA) is 130 Å². The fourth-order valence-corrected chi connectivity index (χ4v) is 4.83. The van der Waals surface area contributed by atoms with Crippen LogP contribution in [0.25, 0.3) is 33.5 Å². The van der Waals surface area contributed by atoms with E-state index >= 15 is 0 Å². The third kappa shape index (κ3) is 3.77. The van der Waals surface area contributed by atoms with E-state index in [2.05, 4.69) is 48.2 Å². The zero-order valence-electron chi connectivity index (χ0n) is 20.4. The first-order valence-electron chi connectivity index (χ1n) is 11.9. The van der Waals surface area contributed by atoms with E-state index in [1.54, 1.807) is 29.3 Å². The summed E-state index contributed by atoms with van der Waals surface area (Å²) in [5, 5.41) is 8.06. The summed E-state index contributed by atoms with van der Waals surface area (Å²) >= 11 is 0. The molecule has 36 heavy (non-hydrogen) atoms. The first-order chi connectivity index (χ1) is 17.5. The van der Waals surface area contributed by atoms with Gasteiger partial charge in [0.15, 0.2) is 0 Å². The lowest BCUT2D eigenvalue weighted by molar-refractivity contribution is 0.122. The first kappa shape index (κ1) is 22.2. The minimum absolute atomic E-state index is 0.260. The summed E-state index contributed by atoms with van der Waals surface area (Å²) in [7, 11) is 1.82. The van der Waals surface area contributed by atoms with Gasteiger partial charge in [-0.2, -0.15) is 5.10 Å². The molecule has 1 aromatic carbocycles. The van der Waals surface area contributed by atoms with Gasteiger partial charge in [0.05, 0.1) is 41.5 Å². The van der Waals surface area contributed by atoms with E-state index in [4.69, 9.17) is 9.72 Å². The van der Waals surface area contributed by atoms with Crippen LogP contribution in [-0.4, -0.2) is 61.0 Å². The highest BCUT2D eigenvalue weighted by Crippen LogP contribution is 2.34. The van der Waals surface area contributed by atoms with Gasteiger partial charge in [0, 0.05) is 44.4 Å². The SMILES string of the molecule is Cc1c(N2CCOCC2)ccc2nc(-c3c(NC(C)c4ncccn4)c4nn(C)cc4[nH]c3=O)[nH]c12. The van der Waals surface area contributed by atoms with Crippen molar-refractivity contribution in [2.75, 3.05) is 36.5 Å². The maximum Gasteiger partial charge on any atom is 0.261 e. The summed E-state index contributed by atoms with van der Waals surface area (Å²) in [4.78, 5) is 35.7. The lowest BCUT2D eigenvalue weighted by Crippen LogP contribution is -2.36. The second-order valence-electron chi connectivity index (χ2n) is 9.03. The highest BCUT2D eigenvalue weighted by Gasteiger charge is 2.23. The van der Waals surface area contributed by atoms with E-state index in [-0.39, 0.29) is 11.6 Å². The Morgan fingerprint density at radius 2 is 1.92 bits per heavy atom. The largest absolute Gasteiger partial charge is 0.378 e. The van der Waals surface area contributed by atoms with Crippen molar-refractivity contribution in [3.63, 3.8) is 0 Å². The number of imidazole rings is 1. The number of H-pyrrole nitrogens is 2. The van der Waals surface area contributed by atoms with Crippen LogP contribution in [0.2, 0.25) is 0 Å². The highest BCUT2D eigenvalue weighted by atomic mass is 16.5. The molecule has 1 atom stereocenters. The highest BCUT2D eigenvalue weighted by molar-refractivity contribution is 5.97. The maximum absolute atomic E-state index is 13.4. The summed E-state index contributed by atoms with van der Waals surface area (Å²) in [6.45, 7) is 7.14. The zero-order valence-corrected chi connectivity index (χ0v) is 20.4. The number of fused-ring (bicyclic) bond motifs is 2. The Morgan fingerprint density at radius 3 is 2.69 bits per heavy atom. The number of aromatic amines is 2. The van der Waals surface area contributed by atoms with Crippen molar-refractivity contribution in [2.45, 2.75) is 19.9 Å². The Balaban J connectivity index is 1.50. The quantitative estimate of drug-likeness (QED) is 0.347. The molecule has 0 saturated carbocycles. The molecule has 184 valence electrons. The van der Waals surface area contributed by atoms with E-state index in [9.17, 15) is 4.79 Å². The van der Waals surface area contributed by atoms with E-state index in [1.807, 2.05) is 20.0 Å². The van der Waals surface area contributed by atoms with Crippen molar-refractivity contribution in [2.24, 2.45) is 7.05 Å². The first-order valence-corrected chi connectivity index (χ1v) is 11.9. The fraction of sp³-hybridized carbons (Fsp3) is 0.320. The second-order valence-corrected chi connectivity index (χ2v) is 9.03. The molecule has 1 aliphatic rings. The van der Waals surface area contributed by atoms with Gasteiger partial charge in [-0.15, -0.1) is 0 Å². The van der Waals surface area contributed by atoms with Crippen molar-refractivity contribution in [3.8, 4) is 11.4 Å². The van der Waals surface area contributed by atoms with Crippen LogP contribution in [0.3, 0.4) is 0 Å². The molecule has 5 heterocycles. The van der Waals surface area contributed by atoms with Gasteiger partial charge < -0.3 is 24.9 Å². The minimum Gasteiger partial charge on any atom is -0.378 e. The van der Waals surface area contributed by atoms with Gasteiger partial charge in [0.25, 0.3) is 5.56 Å². The van der Waals surface area contributed by atoms with Gasteiger partial charge in [-0.05, 0) is 37.6 Å². The molecule has 0 radical (unpaired) electrons. The smallest absolute Gasteiger partial charge is 0.261 e. The normalized spacial score (nSPS) is 15.0. The Kier molecular flexibility index (Phi) is 5.41. The van der Waals surface area contributed by atoms with Gasteiger partial charge in [-0.1, -0.05) is 0 Å². The predicted octanol–water partition coefficient (Wildman–Crippen LogP) is 2.91. The number of aromatic nitrogens is 7. The molecule has 11 nitrogen and oxygen atoms in total. The number of nitrogens with one attached hydrogen (secondary N) is 3. The number of benzene rings is 1. The molecular formula is C25H27N9O2. The Morgan fingerprint density at radius 1 is 1.14 bits per heavy atom. The zero-order chi connectivity index (χ0) is 24.8. The van der Waals surface area contributed by atoms with Crippen LogP contribution in [0.4, 0.5) is 11.4 Å². The number of nitrogens with zero attached hydrogens (tertiary/aromatic N) is 6. The number of hydrogen-bond acceptors (Lipinski definition) is 8. The Labute approximate surface area is 206 Å². The minimum atomic E-state index is -0.268. The lowest BCUT2D eigenvalue weighted by atomic mass is 10.1.